The van der Waals surface area contributed by atoms with E-state index in [0.717, 1.165) is 0 Å². The summed E-state index contributed by atoms with van der Waals surface area (Å²) in [6, 6.07) is 8.13. The fraction of sp³-hybridized carbons (Fsp3) is 0.267. The molecule has 1 aliphatic rings. The van der Waals surface area contributed by atoms with Crippen LogP contribution in [0.4, 0.5) is 16.4 Å². The van der Waals surface area contributed by atoms with Gasteiger partial charge in [0.1, 0.15) is 5.75 Å². The SMILES string of the molecule is O=C(Nc1cccc(O)c1)N1CCN(c2ncccn2)CC1. The van der Waals surface area contributed by atoms with Crippen molar-refractivity contribution in [2.45, 2.75) is 0 Å². The molecule has 1 aromatic heterocycles. The maximum atomic E-state index is 12.2. The third-order valence-corrected chi connectivity index (χ3v) is 3.50. The summed E-state index contributed by atoms with van der Waals surface area (Å²) < 4.78 is 0. The van der Waals surface area contributed by atoms with E-state index in [1.165, 1.54) is 6.07 Å². The van der Waals surface area contributed by atoms with Crippen molar-refractivity contribution in [3.05, 3.63) is 42.7 Å². The lowest BCUT2D eigenvalue weighted by Gasteiger charge is -2.34. The summed E-state index contributed by atoms with van der Waals surface area (Å²) in [6.45, 7) is 2.58. The highest BCUT2D eigenvalue weighted by molar-refractivity contribution is 5.89. The fourth-order valence-electron chi connectivity index (χ4n) is 2.35. The van der Waals surface area contributed by atoms with Gasteiger partial charge in [-0.05, 0) is 18.2 Å². The van der Waals surface area contributed by atoms with Crippen LogP contribution in [0.3, 0.4) is 0 Å². The summed E-state index contributed by atoms with van der Waals surface area (Å²) in [6.07, 6.45) is 3.42. The normalized spacial score (nSPS) is 14.7. The zero-order chi connectivity index (χ0) is 15.4. The highest BCUT2D eigenvalue weighted by atomic mass is 16.3. The number of nitrogens with zero attached hydrogens (tertiary/aromatic N) is 4. The third kappa shape index (κ3) is 3.25. The molecular formula is C15H17N5O2. The summed E-state index contributed by atoms with van der Waals surface area (Å²) in [5.41, 5.74) is 0.582. The van der Waals surface area contributed by atoms with E-state index in [1.54, 1.807) is 41.6 Å². The van der Waals surface area contributed by atoms with Crippen LogP contribution in [-0.2, 0) is 0 Å². The number of phenolic OH excluding ortho intramolecular Hbond substituents is 1. The molecule has 2 heterocycles. The Morgan fingerprint density at radius 2 is 1.82 bits per heavy atom. The lowest BCUT2D eigenvalue weighted by atomic mass is 10.3. The summed E-state index contributed by atoms with van der Waals surface area (Å²) >= 11 is 0. The molecule has 0 aliphatic carbocycles. The van der Waals surface area contributed by atoms with Gasteiger partial charge in [-0.3, -0.25) is 0 Å². The largest absolute Gasteiger partial charge is 0.508 e. The summed E-state index contributed by atoms with van der Waals surface area (Å²) in [4.78, 5) is 24.4. The van der Waals surface area contributed by atoms with Gasteiger partial charge in [0.05, 0.1) is 0 Å². The second-order valence-electron chi connectivity index (χ2n) is 5.00. The number of carbonyl (C=O) groups excluding carboxylic acids is 1. The molecule has 1 aromatic carbocycles. The van der Waals surface area contributed by atoms with Crippen LogP contribution in [0.5, 0.6) is 5.75 Å². The second kappa shape index (κ2) is 6.30. The number of anilines is 2. The summed E-state index contributed by atoms with van der Waals surface area (Å²) in [5.74, 6) is 0.819. The summed E-state index contributed by atoms with van der Waals surface area (Å²) in [7, 11) is 0. The van der Waals surface area contributed by atoms with Gasteiger partial charge in [0.15, 0.2) is 0 Å². The van der Waals surface area contributed by atoms with E-state index in [-0.39, 0.29) is 11.8 Å². The third-order valence-electron chi connectivity index (χ3n) is 3.50. The minimum absolute atomic E-state index is 0.129. The van der Waals surface area contributed by atoms with Crippen molar-refractivity contribution in [3.63, 3.8) is 0 Å². The van der Waals surface area contributed by atoms with Gasteiger partial charge in [0.25, 0.3) is 0 Å². The number of phenols is 1. The van der Waals surface area contributed by atoms with Gasteiger partial charge in [-0.15, -0.1) is 0 Å². The number of aromatic hydroxyl groups is 1. The van der Waals surface area contributed by atoms with Crippen molar-refractivity contribution in [3.8, 4) is 5.75 Å². The van der Waals surface area contributed by atoms with Crippen molar-refractivity contribution < 1.29 is 9.90 Å². The molecule has 7 nitrogen and oxygen atoms in total. The topological polar surface area (TPSA) is 81.6 Å². The van der Waals surface area contributed by atoms with Gasteiger partial charge in [-0.1, -0.05) is 6.07 Å². The quantitative estimate of drug-likeness (QED) is 0.879. The molecule has 114 valence electrons. The van der Waals surface area contributed by atoms with E-state index in [1.807, 2.05) is 0 Å². The van der Waals surface area contributed by atoms with Crippen molar-refractivity contribution in [1.82, 2.24) is 14.9 Å². The van der Waals surface area contributed by atoms with Crippen molar-refractivity contribution in [2.75, 3.05) is 36.4 Å². The molecule has 0 bridgehead atoms. The standard InChI is InChI=1S/C15H17N5O2/c21-13-4-1-3-12(11-13)18-15(22)20-9-7-19(8-10-20)14-16-5-2-6-17-14/h1-6,11,21H,7-10H2,(H,18,22). The van der Waals surface area contributed by atoms with Crippen molar-refractivity contribution >= 4 is 17.7 Å². The van der Waals surface area contributed by atoms with Crippen LogP contribution < -0.4 is 10.2 Å². The number of benzene rings is 1. The Kier molecular flexibility index (Phi) is 4.04. The van der Waals surface area contributed by atoms with Gasteiger partial charge < -0.3 is 20.2 Å². The lowest BCUT2D eigenvalue weighted by Crippen LogP contribution is -2.50. The number of carbonyl (C=O) groups is 1. The Bertz CT molecular complexity index is 641. The lowest BCUT2D eigenvalue weighted by molar-refractivity contribution is 0.208. The van der Waals surface area contributed by atoms with Gasteiger partial charge in [0.2, 0.25) is 5.95 Å². The van der Waals surface area contributed by atoms with E-state index in [4.69, 9.17) is 0 Å². The number of hydrogen-bond donors (Lipinski definition) is 2. The van der Waals surface area contributed by atoms with Crippen LogP contribution >= 0.6 is 0 Å². The minimum Gasteiger partial charge on any atom is -0.508 e. The molecule has 2 amide bonds. The van der Waals surface area contributed by atoms with E-state index in [9.17, 15) is 9.90 Å². The first kappa shape index (κ1) is 14.1. The Balaban J connectivity index is 1.56. The van der Waals surface area contributed by atoms with Crippen LogP contribution in [0.15, 0.2) is 42.7 Å². The van der Waals surface area contributed by atoms with Crippen LogP contribution in [0.25, 0.3) is 0 Å². The zero-order valence-corrected chi connectivity index (χ0v) is 12.0. The molecule has 3 rings (SSSR count). The fourth-order valence-corrected chi connectivity index (χ4v) is 2.35. The average molecular weight is 299 g/mol. The molecule has 0 radical (unpaired) electrons. The maximum Gasteiger partial charge on any atom is 0.321 e. The van der Waals surface area contributed by atoms with Crippen LogP contribution in [-0.4, -0.2) is 52.2 Å². The molecule has 2 aromatic rings. The predicted molar refractivity (Wildman–Crippen MR) is 82.9 cm³/mol. The number of urea groups is 1. The average Bonchev–Trinajstić information content (AvgIpc) is 2.56. The monoisotopic (exact) mass is 299 g/mol. The number of aromatic nitrogens is 2. The molecule has 1 fully saturated rings. The van der Waals surface area contributed by atoms with Gasteiger partial charge >= 0.3 is 6.03 Å². The van der Waals surface area contributed by atoms with E-state index in [0.29, 0.717) is 37.8 Å². The smallest absolute Gasteiger partial charge is 0.321 e. The molecule has 0 atom stereocenters. The van der Waals surface area contributed by atoms with Gasteiger partial charge in [0, 0.05) is 50.3 Å². The zero-order valence-electron chi connectivity index (χ0n) is 12.0. The number of amides is 2. The van der Waals surface area contributed by atoms with Crippen molar-refractivity contribution in [2.24, 2.45) is 0 Å². The Morgan fingerprint density at radius 3 is 2.50 bits per heavy atom. The Morgan fingerprint density at radius 1 is 1.09 bits per heavy atom. The maximum absolute atomic E-state index is 12.2. The molecule has 0 saturated carbocycles. The molecule has 22 heavy (non-hydrogen) atoms. The first-order valence-corrected chi connectivity index (χ1v) is 7.09. The molecule has 1 aliphatic heterocycles. The second-order valence-corrected chi connectivity index (χ2v) is 5.00. The van der Waals surface area contributed by atoms with E-state index >= 15 is 0 Å². The number of nitrogens with one attached hydrogen (secondary N) is 1. The van der Waals surface area contributed by atoms with E-state index < -0.39 is 0 Å². The van der Waals surface area contributed by atoms with E-state index in [2.05, 4.69) is 20.2 Å². The van der Waals surface area contributed by atoms with Gasteiger partial charge in [-0.2, -0.15) is 0 Å². The molecule has 1 saturated heterocycles. The highest BCUT2D eigenvalue weighted by Gasteiger charge is 2.22. The number of piperazine rings is 1. The summed E-state index contributed by atoms with van der Waals surface area (Å²) in [5, 5.41) is 12.2. The first-order chi connectivity index (χ1) is 10.7. The molecular weight excluding hydrogens is 282 g/mol. The molecule has 0 spiro atoms. The molecule has 0 unspecified atom stereocenters. The number of rotatable bonds is 2. The molecule has 2 N–H and O–H groups in total. The predicted octanol–water partition coefficient (Wildman–Crippen LogP) is 1.54. The van der Waals surface area contributed by atoms with Crippen LogP contribution in [0.1, 0.15) is 0 Å². The molecule has 7 heteroatoms. The number of hydrogen-bond acceptors (Lipinski definition) is 5. The Hall–Kier alpha value is -2.83. The Labute approximate surface area is 128 Å². The minimum atomic E-state index is -0.167. The highest BCUT2D eigenvalue weighted by Crippen LogP contribution is 2.16. The van der Waals surface area contributed by atoms with Crippen LogP contribution in [0, 0.1) is 0 Å². The first-order valence-electron chi connectivity index (χ1n) is 7.09. The van der Waals surface area contributed by atoms with Gasteiger partial charge in [-0.25, -0.2) is 14.8 Å². The van der Waals surface area contributed by atoms with Crippen LogP contribution in [0.2, 0.25) is 0 Å². The van der Waals surface area contributed by atoms with Crippen molar-refractivity contribution in [1.29, 1.82) is 0 Å².